The second-order valence-corrected chi connectivity index (χ2v) is 6.40. The average molecular weight is 373 g/mol. The van der Waals surface area contributed by atoms with Gasteiger partial charge < -0.3 is 15.4 Å². The van der Waals surface area contributed by atoms with Crippen molar-refractivity contribution in [1.29, 1.82) is 0 Å². The number of carbonyl (C=O) groups excluding carboxylic acids is 5. The maximum Gasteiger partial charge on any atom is 0.326 e. The summed E-state index contributed by atoms with van der Waals surface area (Å²) in [5.41, 5.74) is 5.76. The Morgan fingerprint density at radius 1 is 1.07 bits per heavy atom. The lowest BCUT2D eigenvalue weighted by Gasteiger charge is -2.33. The van der Waals surface area contributed by atoms with Crippen LogP contribution in [0.1, 0.15) is 40.0 Å². The van der Waals surface area contributed by atoms with E-state index in [9.17, 15) is 24.0 Å². The van der Waals surface area contributed by atoms with E-state index in [-0.39, 0.29) is 11.1 Å². The number of piperidine rings is 1. The molecule has 0 aromatic heterocycles. The number of hydrogen-bond donors (Lipinski definition) is 1. The number of amides is 4. The lowest BCUT2D eigenvalue weighted by atomic mass is 10.0. The number of primary amides is 1. The van der Waals surface area contributed by atoms with Crippen molar-refractivity contribution < 1.29 is 28.7 Å². The van der Waals surface area contributed by atoms with Crippen molar-refractivity contribution in [3.63, 3.8) is 0 Å². The van der Waals surface area contributed by atoms with Crippen LogP contribution in [-0.4, -0.2) is 65.1 Å². The standard InChI is InChI=1S/C18H19N3O6/c19-16(24)13-7-3-4-8-20(13)14(22)10-27-15(23)9-21-17(25)11-5-1-2-6-12(11)18(21)26/h1-2,5-6,13H,3-4,7-10H2,(H2,19,24)/t13-/m0/s1. The predicted octanol–water partition coefficient (Wildman–Crippen LogP) is -0.308. The first-order valence-electron chi connectivity index (χ1n) is 8.59. The Balaban J connectivity index is 1.56. The van der Waals surface area contributed by atoms with Crippen LogP contribution < -0.4 is 5.73 Å². The molecule has 0 unspecified atom stereocenters. The minimum Gasteiger partial charge on any atom is -0.454 e. The molecule has 0 radical (unpaired) electrons. The van der Waals surface area contributed by atoms with Gasteiger partial charge in [0, 0.05) is 6.54 Å². The third-order valence-corrected chi connectivity index (χ3v) is 4.67. The fourth-order valence-electron chi connectivity index (χ4n) is 3.31. The topological polar surface area (TPSA) is 127 Å². The van der Waals surface area contributed by atoms with E-state index in [0.717, 1.165) is 17.7 Å². The zero-order chi connectivity index (χ0) is 19.6. The summed E-state index contributed by atoms with van der Waals surface area (Å²) in [7, 11) is 0. The molecule has 1 aromatic rings. The zero-order valence-corrected chi connectivity index (χ0v) is 14.6. The first kappa shape index (κ1) is 18.6. The molecule has 0 saturated carbocycles. The third-order valence-electron chi connectivity index (χ3n) is 4.67. The number of rotatable bonds is 5. The highest BCUT2D eigenvalue weighted by molar-refractivity contribution is 6.22. The predicted molar refractivity (Wildman–Crippen MR) is 91.3 cm³/mol. The summed E-state index contributed by atoms with van der Waals surface area (Å²) in [5.74, 6) is -3.17. The first-order valence-corrected chi connectivity index (χ1v) is 8.59. The Hall–Kier alpha value is -3.23. The van der Waals surface area contributed by atoms with Crippen LogP contribution in [0.15, 0.2) is 24.3 Å². The van der Waals surface area contributed by atoms with Gasteiger partial charge in [-0.1, -0.05) is 12.1 Å². The van der Waals surface area contributed by atoms with E-state index >= 15 is 0 Å². The number of esters is 1. The molecule has 2 heterocycles. The van der Waals surface area contributed by atoms with Crippen molar-refractivity contribution in [2.45, 2.75) is 25.3 Å². The van der Waals surface area contributed by atoms with Crippen molar-refractivity contribution in [3.8, 4) is 0 Å². The van der Waals surface area contributed by atoms with Crippen molar-refractivity contribution in [2.24, 2.45) is 5.73 Å². The Morgan fingerprint density at radius 2 is 1.70 bits per heavy atom. The molecule has 2 aliphatic heterocycles. The third kappa shape index (κ3) is 3.67. The maximum absolute atomic E-state index is 12.3. The fraction of sp³-hybridized carbons (Fsp3) is 0.389. The second-order valence-electron chi connectivity index (χ2n) is 6.40. The molecule has 1 aromatic carbocycles. The molecular weight excluding hydrogens is 354 g/mol. The summed E-state index contributed by atoms with van der Waals surface area (Å²) < 4.78 is 4.91. The molecule has 1 atom stereocenters. The lowest BCUT2D eigenvalue weighted by molar-refractivity contribution is -0.154. The monoisotopic (exact) mass is 373 g/mol. The van der Waals surface area contributed by atoms with Crippen molar-refractivity contribution in [1.82, 2.24) is 9.80 Å². The Bertz CT molecular complexity index is 786. The van der Waals surface area contributed by atoms with E-state index in [1.807, 2.05) is 0 Å². The van der Waals surface area contributed by atoms with Crippen LogP contribution in [0.4, 0.5) is 0 Å². The quantitative estimate of drug-likeness (QED) is 0.557. The van der Waals surface area contributed by atoms with Gasteiger partial charge in [-0.2, -0.15) is 0 Å². The second kappa shape index (κ2) is 7.56. The number of hydrogen-bond acceptors (Lipinski definition) is 6. The van der Waals surface area contributed by atoms with Gasteiger partial charge in [-0.15, -0.1) is 0 Å². The summed E-state index contributed by atoms with van der Waals surface area (Å²) in [5, 5.41) is 0. The summed E-state index contributed by atoms with van der Waals surface area (Å²) in [6.45, 7) is -0.799. The van der Waals surface area contributed by atoms with E-state index in [1.54, 1.807) is 12.1 Å². The SMILES string of the molecule is NC(=O)[C@@H]1CCCCN1C(=O)COC(=O)CN1C(=O)c2ccccc2C1=O. The van der Waals surface area contributed by atoms with Crippen LogP contribution in [0.25, 0.3) is 0 Å². The number of likely N-dealkylation sites (tertiary alicyclic amines) is 1. The minimum absolute atomic E-state index is 0.226. The normalized spacial score (nSPS) is 19.0. The lowest BCUT2D eigenvalue weighted by Crippen LogP contribution is -2.51. The van der Waals surface area contributed by atoms with Gasteiger partial charge in [0.2, 0.25) is 5.91 Å². The number of ether oxygens (including phenoxy) is 1. The van der Waals surface area contributed by atoms with Crippen LogP contribution in [0.3, 0.4) is 0 Å². The number of carbonyl (C=O) groups is 5. The smallest absolute Gasteiger partial charge is 0.326 e. The van der Waals surface area contributed by atoms with Crippen LogP contribution in [-0.2, 0) is 19.1 Å². The van der Waals surface area contributed by atoms with E-state index < -0.39 is 48.8 Å². The molecule has 0 aliphatic carbocycles. The van der Waals surface area contributed by atoms with Gasteiger partial charge in [0.05, 0.1) is 11.1 Å². The highest BCUT2D eigenvalue weighted by atomic mass is 16.5. The molecule has 142 valence electrons. The van der Waals surface area contributed by atoms with Crippen molar-refractivity contribution in [2.75, 3.05) is 19.7 Å². The minimum atomic E-state index is -0.884. The fourth-order valence-corrected chi connectivity index (χ4v) is 3.31. The number of nitrogens with zero attached hydrogens (tertiary/aromatic N) is 2. The summed E-state index contributed by atoms with van der Waals surface area (Å²) >= 11 is 0. The van der Waals surface area contributed by atoms with Gasteiger partial charge in [0.1, 0.15) is 12.6 Å². The van der Waals surface area contributed by atoms with Crippen LogP contribution in [0.5, 0.6) is 0 Å². The highest BCUT2D eigenvalue weighted by Gasteiger charge is 2.37. The molecule has 0 spiro atoms. The van der Waals surface area contributed by atoms with Gasteiger partial charge in [0.25, 0.3) is 17.7 Å². The molecule has 2 aliphatic rings. The molecule has 9 nitrogen and oxygen atoms in total. The first-order chi connectivity index (χ1) is 12.9. The number of fused-ring (bicyclic) bond motifs is 1. The van der Waals surface area contributed by atoms with Gasteiger partial charge in [-0.25, -0.2) is 0 Å². The highest BCUT2D eigenvalue weighted by Crippen LogP contribution is 2.22. The molecular formula is C18H19N3O6. The van der Waals surface area contributed by atoms with Gasteiger partial charge >= 0.3 is 5.97 Å². The summed E-state index contributed by atoms with van der Waals surface area (Å²) in [4.78, 5) is 62.2. The van der Waals surface area contributed by atoms with Crippen molar-refractivity contribution in [3.05, 3.63) is 35.4 Å². The largest absolute Gasteiger partial charge is 0.454 e. The maximum atomic E-state index is 12.3. The number of imide groups is 1. The van der Waals surface area contributed by atoms with E-state index in [4.69, 9.17) is 10.5 Å². The molecule has 4 amide bonds. The molecule has 27 heavy (non-hydrogen) atoms. The number of nitrogens with two attached hydrogens (primary N) is 1. The van der Waals surface area contributed by atoms with E-state index in [0.29, 0.717) is 13.0 Å². The van der Waals surface area contributed by atoms with E-state index in [1.165, 1.54) is 17.0 Å². The van der Waals surface area contributed by atoms with Crippen molar-refractivity contribution >= 4 is 29.6 Å². The van der Waals surface area contributed by atoms with Crippen LogP contribution >= 0.6 is 0 Å². The molecule has 2 N–H and O–H groups in total. The molecule has 0 bridgehead atoms. The summed E-state index contributed by atoms with van der Waals surface area (Å²) in [6.07, 6.45) is 2.00. The average Bonchev–Trinajstić information content (AvgIpc) is 2.91. The molecule has 3 rings (SSSR count). The van der Waals surface area contributed by atoms with E-state index in [2.05, 4.69) is 0 Å². The molecule has 1 fully saturated rings. The zero-order valence-electron chi connectivity index (χ0n) is 14.6. The van der Waals surface area contributed by atoms with Gasteiger partial charge in [-0.3, -0.25) is 28.9 Å². The number of benzene rings is 1. The van der Waals surface area contributed by atoms with Crippen LogP contribution in [0, 0.1) is 0 Å². The molecule has 1 saturated heterocycles. The van der Waals surface area contributed by atoms with Gasteiger partial charge in [-0.05, 0) is 31.4 Å². The van der Waals surface area contributed by atoms with Gasteiger partial charge in [0.15, 0.2) is 6.61 Å². The van der Waals surface area contributed by atoms with Crippen LogP contribution in [0.2, 0.25) is 0 Å². The Labute approximate surface area is 155 Å². The Kier molecular flexibility index (Phi) is 5.20. The molecule has 9 heteroatoms. The summed E-state index contributed by atoms with van der Waals surface area (Å²) in [6, 6.07) is 5.55. The Morgan fingerprint density at radius 3 is 2.30 bits per heavy atom.